The van der Waals surface area contributed by atoms with Crippen molar-refractivity contribution in [2.75, 3.05) is 20.1 Å². The smallest absolute Gasteiger partial charge is 0.222 e. The van der Waals surface area contributed by atoms with E-state index in [-0.39, 0.29) is 5.91 Å². The van der Waals surface area contributed by atoms with Crippen molar-refractivity contribution >= 4 is 5.91 Å². The van der Waals surface area contributed by atoms with Gasteiger partial charge in [-0.1, -0.05) is 13.8 Å². The average molecular weight is 226 g/mol. The third kappa shape index (κ3) is 4.97. The summed E-state index contributed by atoms with van der Waals surface area (Å²) in [4.78, 5) is 13.8. The Labute approximate surface area is 99.4 Å². The second-order valence-corrected chi connectivity index (χ2v) is 5.65. The van der Waals surface area contributed by atoms with E-state index < -0.39 is 0 Å². The van der Waals surface area contributed by atoms with Gasteiger partial charge in [0.25, 0.3) is 0 Å². The van der Waals surface area contributed by atoms with Gasteiger partial charge in [-0.15, -0.1) is 0 Å². The molecule has 0 aromatic rings. The van der Waals surface area contributed by atoms with Gasteiger partial charge in [0.15, 0.2) is 0 Å². The zero-order valence-electron chi connectivity index (χ0n) is 10.9. The van der Waals surface area contributed by atoms with Gasteiger partial charge in [-0.3, -0.25) is 4.79 Å². The van der Waals surface area contributed by atoms with Gasteiger partial charge in [0.05, 0.1) is 0 Å². The van der Waals surface area contributed by atoms with Crippen molar-refractivity contribution in [3.05, 3.63) is 0 Å². The van der Waals surface area contributed by atoms with Crippen molar-refractivity contribution in [2.45, 2.75) is 39.5 Å². The van der Waals surface area contributed by atoms with E-state index in [0.717, 1.165) is 18.9 Å². The highest BCUT2D eigenvalue weighted by molar-refractivity contribution is 5.76. The molecule has 1 saturated carbocycles. The number of carbonyl (C=O) groups is 1. The van der Waals surface area contributed by atoms with E-state index in [1.165, 1.54) is 12.8 Å². The van der Waals surface area contributed by atoms with E-state index in [2.05, 4.69) is 13.8 Å². The molecule has 0 heterocycles. The minimum atomic E-state index is 0.267. The van der Waals surface area contributed by atoms with Crippen LogP contribution >= 0.6 is 0 Å². The van der Waals surface area contributed by atoms with Gasteiger partial charge < -0.3 is 10.6 Å². The number of hydrogen-bond donors (Lipinski definition) is 1. The van der Waals surface area contributed by atoms with E-state index in [1.54, 1.807) is 0 Å². The van der Waals surface area contributed by atoms with Gasteiger partial charge in [0, 0.05) is 20.0 Å². The molecule has 0 radical (unpaired) electrons. The van der Waals surface area contributed by atoms with Gasteiger partial charge >= 0.3 is 0 Å². The van der Waals surface area contributed by atoms with E-state index in [0.29, 0.717) is 24.8 Å². The summed E-state index contributed by atoms with van der Waals surface area (Å²) in [6.45, 7) is 5.93. The summed E-state index contributed by atoms with van der Waals surface area (Å²) in [7, 11) is 1.92. The van der Waals surface area contributed by atoms with Crippen LogP contribution in [0.15, 0.2) is 0 Å². The monoisotopic (exact) mass is 226 g/mol. The van der Waals surface area contributed by atoms with Crippen LogP contribution < -0.4 is 5.73 Å². The molecule has 0 spiro atoms. The van der Waals surface area contributed by atoms with Crippen LogP contribution in [0.2, 0.25) is 0 Å². The first-order chi connectivity index (χ1) is 7.52. The Balaban J connectivity index is 2.28. The molecular formula is C13H26N2O. The molecule has 0 aromatic heterocycles. The molecule has 16 heavy (non-hydrogen) atoms. The lowest BCUT2D eigenvalue weighted by molar-refractivity contribution is -0.131. The molecule has 1 amide bonds. The first-order valence-corrected chi connectivity index (χ1v) is 6.47. The molecule has 94 valence electrons. The van der Waals surface area contributed by atoms with Gasteiger partial charge in [0.1, 0.15) is 0 Å². The number of amides is 1. The number of hydrogen-bond acceptors (Lipinski definition) is 2. The lowest BCUT2D eigenvalue weighted by Crippen LogP contribution is -2.32. The molecule has 1 aliphatic carbocycles. The van der Waals surface area contributed by atoms with E-state index >= 15 is 0 Å². The van der Waals surface area contributed by atoms with Crippen LogP contribution in [-0.2, 0) is 4.79 Å². The fraction of sp³-hybridized carbons (Fsp3) is 0.923. The highest BCUT2D eigenvalue weighted by Crippen LogP contribution is 2.29. The Hall–Kier alpha value is -0.570. The van der Waals surface area contributed by atoms with Crippen LogP contribution in [0.1, 0.15) is 39.5 Å². The van der Waals surface area contributed by atoms with Crippen LogP contribution in [0.4, 0.5) is 0 Å². The highest BCUT2D eigenvalue weighted by Gasteiger charge is 2.25. The minimum Gasteiger partial charge on any atom is -0.345 e. The Morgan fingerprint density at radius 1 is 1.44 bits per heavy atom. The lowest BCUT2D eigenvalue weighted by Gasteiger charge is -2.21. The SMILES string of the molecule is CC(C)CC(CN)CC(=O)N(C)CC1CC1. The Bertz CT molecular complexity index is 224. The lowest BCUT2D eigenvalue weighted by atomic mass is 9.94. The molecule has 0 saturated heterocycles. The molecule has 3 heteroatoms. The fourth-order valence-corrected chi connectivity index (χ4v) is 2.12. The summed E-state index contributed by atoms with van der Waals surface area (Å²) in [5, 5.41) is 0. The molecule has 0 bridgehead atoms. The Morgan fingerprint density at radius 3 is 2.50 bits per heavy atom. The van der Waals surface area contributed by atoms with Crippen LogP contribution in [0, 0.1) is 17.8 Å². The van der Waals surface area contributed by atoms with Crippen molar-refractivity contribution in [1.29, 1.82) is 0 Å². The van der Waals surface area contributed by atoms with Crippen molar-refractivity contribution in [2.24, 2.45) is 23.5 Å². The maximum Gasteiger partial charge on any atom is 0.222 e. The van der Waals surface area contributed by atoms with Crippen molar-refractivity contribution in [1.82, 2.24) is 4.90 Å². The van der Waals surface area contributed by atoms with Crippen LogP contribution in [0.3, 0.4) is 0 Å². The molecule has 0 aromatic carbocycles. The first-order valence-electron chi connectivity index (χ1n) is 6.47. The minimum absolute atomic E-state index is 0.267. The zero-order valence-corrected chi connectivity index (χ0v) is 10.9. The van der Waals surface area contributed by atoms with Gasteiger partial charge in [-0.25, -0.2) is 0 Å². The second-order valence-electron chi connectivity index (χ2n) is 5.65. The summed E-state index contributed by atoms with van der Waals surface area (Å²) in [6, 6.07) is 0. The number of carbonyl (C=O) groups excluding carboxylic acids is 1. The van der Waals surface area contributed by atoms with Gasteiger partial charge in [0.2, 0.25) is 5.91 Å². The predicted octanol–water partition coefficient (Wildman–Crippen LogP) is 1.87. The topological polar surface area (TPSA) is 46.3 Å². The number of nitrogens with two attached hydrogens (primary N) is 1. The third-order valence-electron chi connectivity index (χ3n) is 3.26. The fourth-order valence-electron chi connectivity index (χ4n) is 2.12. The highest BCUT2D eigenvalue weighted by atomic mass is 16.2. The van der Waals surface area contributed by atoms with Gasteiger partial charge in [-0.05, 0) is 43.6 Å². The largest absolute Gasteiger partial charge is 0.345 e. The van der Waals surface area contributed by atoms with Crippen molar-refractivity contribution < 1.29 is 4.79 Å². The maximum absolute atomic E-state index is 11.9. The standard InChI is InChI=1S/C13H26N2O/c1-10(2)6-12(8-14)7-13(16)15(3)9-11-4-5-11/h10-12H,4-9,14H2,1-3H3. The molecule has 1 atom stereocenters. The summed E-state index contributed by atoms with van der Waals surface area (Å²) in [5.41, 5.74) is 5.71. The van der Waals surface area contributed by atoms with E-state index in [1.807, 2.05) is 11.9 Å². The zero-order chi connectivity index (χ0) is 12.1. The maximum atomic E-state index is 11.9. The molecular weight excluding hydrogens is 200 g/mol. The summed E-state index contributed by atoms with van der Waals surface area (Å²) in [5.74, 6) is 2.02. The van der Waals surface area contributed by atoms with Crippen LogP contribution in [0.25, 0.3) is 0 Å². The van der Waals surface area contributed by atoms with E-state index in [4.69, 9.17) is 5.73 Å². The molecule has 1 fully saturated rings. The summed E-state index contributed by atoms with van der Waals surface area (Å²) < 4.78 is 0. The number of nitrogens with zero attached hydrogens (tertiary/aromatic N) is 1. The summed E-state index contributed by atoms with van der Waals surface area (Å²) >= 11 is 0. The van der Waals surface area contributed by atoms with E-state index in [9.17, 15) is 4.79 Å². The quantitative estimate of drug-likeness (QED) is 0.720. The predicted molar refractivity (Wildman–Crippen MR) is 67.0 cm³/mol. The third-order valence-corrected chi connectivity index (χ3v) is 3.26. The van der Waals surface area contributed by atoms with Crippen molar-refractivity contribution in [3.8, 4) is 0 Å². The van der Waals surface area contributed by atoms with Gasteiger partial charge in [-0.2, -0.15) is 0 Å². The molecule has 0 aliphatic heterocycles. The Kier molecular flexibility index (Phi) is 5.26. The Morgan fingerprint density at radius 2 is 2.06 bits per heavy atom. The van der Waals surface area contributed by atoms with Crippen LogP contribution in [0.5, 0.6) is 0 Å². The average Bonchev–Trinajstić information content (AvgIpc) is 2.99. The molecule has 3 nitrogen and oxygen atoms in total. The molecule has 1 unspecified atom stereocenters. The second kappa shape index (κ2) is 6.24. The summed E-state index contributed by atoms with van der Waals surface area (Å²) in [6.07, 6.45) is 4.27. The van der Waals surface area contributed by atoms with Crippen molar-refractivity contribution in [3.63, 3.8) is 0 Å². The van der Waals surface area contributed by atoms with Crippen LogP contribution in [-0.4, -0.2) is 30.9 Å². The number of rotatable bonds is 7. The normalized spacial score (nSPS) is 17.6. The first kappa shape index (κ1) is 13.5. The molecule has 1 rings (SSSR count). The molecule has 2 N–H and O–H groups in total. The molecule has 1 aliphatic rings.